The fraction of sp³-hybridized carbons (Fsp3) is 0.931. The first-order valence-corrected chi connectivity index (χ1v) is 39.4. The van der Waals surface area contributed by atoms with Crippen LogP contribution in [0.5, 0.6) is 0 Å². The summed E-state index contributed by atoms with van der Waals surface area (Å²) in [5.74, 6) is -3.21. The van der Waals surface area contributed by atoms with Gasteiger partial charge in [0.15, 0.2) is 12.4 Å². The van der Waals surface area contributed by atoms with E-state index in [9.17, 15) is 58.8 Å². The Kier molecular flexibility index (Phi) is 52.0. The highest BCUT2D eigenvalue weighted by atomic mass is 31.2. The predicted octanol–water partition coefficient (Wildman–Crippen LogP) is 13.8. The second kappa shape index (κ2) is 56.0. The van der Waals surface area contributed by atoms with Crippen molar-refractivity contribution in [2.24, 2.45) is 0 Å². The standard InChI is InChI=1S/C72H135N2O19P/c1-6-11-16-21-26-28-33-38-43-48-64(79)89-57(46-41-36-31-24-19-14-9-4)51-63(78)74-67-71(92-66(81)52-58(47-42-37-32-25-20-15-10-5)90-65(80)49-44-39-34-29-27-22-17-12-7-2)70(93-94(84,85)86)60(53-75)91-72(67)88-55-61-69(83)68(82)59(54-87-61)73-62(77)50-56(76)45-40-35-30-23-18-13-8-3/h56-61,67-72,75-76,82-83H,6-55H2,1-5H3,(H,73,77)(H,74,78)(H2,84,85,86)/t56-,57-,58-,59?,60?,61?,67?,68?,69-,70-,71?,72-/m1/s1. The largest absolute Gasteiger partial charge is 0.470 e. The van der Waals surface area contributed by atoms with Gasteiger partial charge in [-0.25, -0.2) is 4.57 Å². The first kappa shape index (κ1) is 87.3. The van der Waals surface area contributed by atoms with Crippen LogP contribution in [0.4, 0.5) is 0 Å². The van der Waals surface area contributed by atoms with E-state index in [2.05, 4.69) is 45.3 Å². The van der Waals surface area contributed by atoms with Gasteiger partial charge in [0.05, 0.1) is 51.2 Å². The molecule has 2 aliphatic heterocycles. The number of hydrogen-bond donors (Lipinski definition) is 8. The smallest absolute Gasteiger partial charge is 0.462 e. The number of hydrogen-bond acceptors (Lipinski definition) is 17. The van der Waals surface area contributed by atoms with Gasteiger partial charge >= 0.3 is 25.7 Å². The van der Waals surface area contributed by atoms with E-state index in [-0.39, 0.29) is 32.3 Å². The molecule has 2 fully saturated rings. The third-order valence-electron chi connectivity index (χ3n) is 18.3. The zero-order valence-electron chi connectivity index (χ0n) is 59.2. The molecule has 0 aromatic carbocycles. The third-order valence-corrected chi connectivity index (χ3v) is 18.8. The Morgan fingerprint density at radius 2 is 0.872 bits per heavy atom. The van der Waals surface area contributed by atoms with Crippen molar-refractivity contribution >= 4 is 37.5 Å². The summed E-state index contributed by atoms with van der Waals surface area (Å²) in [5.41, 5.74) is 0. The maximum atomic E-state index is 14.7. The van der Waals surface area contributed by atoms with Crippen LogP contribution in [0, 0.1) is 0 Å². The number of nitrogens with one attached hydrogen (secondary N) is 2. The maximum Gasteiger partial charge on any atom is 0.470 e. The molecular weight excluding hydrogens is 1230 g/mol. The lowest BCUT2D eigenvalue weighted by atomic mass is 9.95. The van der Waals surface area contributed by atoms with E-state index in [4.69, 9.17) is 32.9 Å². The number of amides is 2. The van der Waals surface area contributed by atoms with Crippen LogP contribution in [-0.4, -0.2) is 153 Å². The molecule has 94 heavy (non-hydrogen) atoms. The van der Waals surface area contributed by atoms with E-state index in [0.29, 0.717) is 44.9 Å². The molecule has 2 aliphatic rings. The molecule has 0 aromatic heterocycles. The molecule has 2 heterocycles. The summed E-state index contributed by atoms with van der Waals surface area (Å²) in [7, 11) is -5.51. The summed E-state index contributed by atoms with van der Waals surface area (Å²) in [6, 6.07) is -2.76. The van der Waals surface area contributed by atoms with Gasteiger partial charge in [-0.3, -0.25) is 28.5 Å². The van der Waals surface area contributed by atoms with Crippen LogP contribution in [-0.2, 0) is 61.5 Å². The van der Waals surface area contributed by atoms with Gasteiger partial charge in [0.2, 0.25) is 11.8 Å². The molecule has 0 radical (unpaired) electrons. The number of phosphoric ester groups is 1. The van der Waals surface area contributed by atoms with Gasteiger partial charge in [0, 0.05) is 12.8 Å². The monoisotopic (exact) mass is 1360 g/mol. The van der Waals surface area contributed by atoms with Crippen LogP contribution in [0.25, 0.3) is 0 Å². The van der Waals surface area contributed by atoms with Crippen LogP contribution >= 0.6 is 7.82 Å². The highest BCUT2D eigenvalue weighted by Gasteiger charge is 2.53. The number of phosphoric acid groups is 1. The normalized spacial score (nSPS) is 21.7. The minimum absolute atomic E-state index is 0.144. The van der Waals surface area contributed by atoms with Gasteiger partial charge in [-0.1, -0.05) is 259 Å². The summed E-state index contributed by atoms with van der Waals surface area (Å²) in [4.78, 5) is 90.1. The van der Waals surface area contributed by atoms with E-state index in [0.717, 1.165) is 161 Å². The first-order chi connectivity index (χ1) is 45.4. The van der Waals surface area contributed by atoms with Crippen molar-refractivity contribution in [3.8, 4) is 0 Å². The fourth-order valence-electron chi connectivity index (χ4n) is 12.6. The summed E-state index contributed by atoms with van der Waals surface area (Å²) < 4.78 is 54.7. The zero-order chi connectivity index (χ0) is 69.0. The molecular formula is C72H135N2O19P. The van der Waals surface area contributed by atoms with Gasteiger partial charge in [-0.15, -0.1) is 0 Å². The molecule has 0 aromatic rings. The van der Waals surface area contributed by atoms with Gasteiger partial charge in [0.1, 0.15) is 48.8 Å². The van der Waals surface area contributed by atoms with Crippen LogP contribution in [0.2, 0.25) is 0 Å². The van der Waals surface area contributed by atoms with Crippen molar-refractivity contribution in [1.82, 2.24) is 10.6 Å². The quantitative estimate of drug-likeness (QED) is 0.0121. The summed E-state index contributed by atoms with van der Waals surface area (Å²) in [6.45, 7) is 8.98. The summed E-state index contributed by atoms with van der Waals surface area (Å²) in [5, 5.41) is 49.8. The predicted molar refractivity (Wildman–Crippen MR) is 365 cm³/mol. The second-order valence-corrected chi connectivity index (χ2v) is 28.3. The molecule has 2 rings (SSSR count). The lowest BCUT2D eigenvalue weighted by Gasteiger charge is -2.46. The Balaban J connectivity index is 2.50. The summed E-state index contributed by atoms with van der Waals surface area (Å²) in [6.07, 6.45) is 25.6. The van der Waals surface area contributed by atoms with Crippen molar-refractivity contribution in [3.05, 3.63) is 0 Å². The topological polar surface area (TPSA) is 312 Å². The number of ether oxygens (including phenoxy) is 6. The van der Waals surface area contributed by atoms with Crippen LogP contribution in [0.1, 0.15) is 336 Å². The maximum absolute atomic E-state index is 14.7. The Labute approximate surface area is 567 Å². The number of rotatable bonds is 61. The number of esters is 3. The lowest BCUT2D eigenvalue weighted by molar-refractivity contribution is -0.282. The molecule has 2 amide bonds. The first-order valence-electron chi connectivity index (χ1n) is 37.8. The van der Waals surface area contributed by atoms with Crippen LogP contribution < -0.4 is 10.6 Å². The molecule has 0 aliphatic carbocycles. The van der Waals surface area contributed by atoms with Crippen molar-refractivity contribution in [2.45, 2.75) is 410 Å². The highest BCUT2D eigenvalue weighted by Crippen LogP contribution is 2.42. The molecule has 6 unspecified atom stereocenters. The Morgan fingerprint density at radius 3 is 1.30 bits per heavy atom. The van der Waals surface area contributed by atoms with E-state index in [1.54, 1.807) is 0 Å². The Morgan fingerprint density at radius 1 is 0.479 bits per heavy atom. The molecule has 0 saturated carbocycles. The Hall–Kier alpha value is -2.82. The zero-order valence-corrected chi connectivity index (χ0v) is 60.1. The van der Waals surface area contributed by atoms with Gasteiger partial charge in [-0.2, -0.15) is 0 Å². The van der Waals surface area contributed by atoms with Gasteiger partial charge in [-0.05, 0) is 44.9 Å². The van der Waals surface area contributed by atoms with E-state index in [1.807, 2.05) is 0 Å². The molecule has 552 valence electrons. The van der Waals surface area contributed by atoms with E-state index in [1.165, 1.54) is 64.2 Å². The molecule has 8 N–H and O–H groups in total. The van der Waals surface area contributed by atoms with Crippen molar-refractivity contribution < 1.29 is 91.7 Å². The van der Waals surface area contributed by atoms with Gasteiger partial charge in [0.25, 0.3) is 0 Å². The third kappa shape index (κ3) is 42.9. The van der Waals surface area contributed by atoms with Crippen molar-refractivity contribution in [1.29, 1.82) is 0 Å². The minimum Gasteiger partial charge on any atom is -0.462 e. The SMILES string of the molecule is CCCCCCCCCCCC(=O)O[C@H](CCCCCCCCC)CC(=O)NC1C(OC(=O)C[C@@H](CCCCCCCCC)OC(=O)CCCCCCCCCCC)[C@H](OP(=O)(O)O)C(CO)O[C@H]1OCC1OCC(NC(=O)C[C@H](O)CCCCCCCCC)C(O)[C@@H]1O. The number of aliphatic hydroxyl groups is 4. The van der Waals surface area contributed by atoms with Crippen LogP contribution in [0.3, 0.4) is 0 Å². The summed E-state index contributed by atoms with van der Waals surface area (Å²) >= 11 is 0. The average Bonchev–Trinajstić information content (AvgIpc) is 1.30. The minimum atomic E-state index is -5.51. The number of aliphatic hydroxyl groups excluding tert-OH is 4. The molecule has 0 spiro atoms. The lowest BCUT2D eigenvalue weighted by Crippen LogP contribution is -2.67. The Bertz CT molecular complexity index is 1970. The highest BCUT2D eigenvalue weighted by molar-refractivity contribution is 7.46. The fourth-order valence-corrected chi connectivity index (χ4v) is 13.2. The second-order valence-electron chi connectivity index (χ2n) is 27.1. The van der Waals surface area contributed by atoms with E-state index >= 15 is 0 Å². The van der Waals surface area contributed by atoms with Crippen molar-refractivity contribution in [2.75, 3.05) is 19.8 Å². The van der Waals surface area contributed by atoms with E-state index < -0.39 is 130 Å². The molecule has 0 bridgehead atoms. The molecule has 12 atom stereocenters. The van der Waals surface area contributed by atoms with Crippen LogP contribution in [0.15, 0.2) is 0 Å². The van der Waals surface area contributed by atoms with Crippen molar-refractivity contribution in [3.63, 3.8) is 0 Å². The van der Waals surface area contributed by atoms with Gasteiger partial charge < -0.3 is 69.3 Å². The molecule has 2 saturated heterocycles. The number of carbonyl (C=O) groups is 5. The molecule has 22 heteroatoms. The number of unbranched alkanes of at least 4 members (excludes halogenated alkanes) is 34. The molecule has 21 nitrogen and oxygen atoms in total. The average molecular weight is 1360 g/mol. The number of carbonyl (C=O) groups excluding carboxylic acids is 5.